The van der Waals surface area contributed by atoms with Gasteiger partial charge in [0.2, 0.25) is 0 Å². The van der Waals surface area contributed by atoms with E-state index in [2.05, 4.69) is 169 Å². The average Bonchev–Trinajstić information content (AvgIpc) is 3.42. The number of benzene rings is 7. The Morgan fingerprint density at radius 3 is 1.95 bits per heavy atom. The van der Waals surface area contributed by atoms with E-state index in [9.17, 15) is 0 Å². The third kappa shape index (κ3) is 3.65. The van der Waals surface area contributed by atoms with Gasteiger partial charge in [0, 0.05) is 17.0 Å². The molecule has 1 heterocycles. The lowest BCUT2D eigenvalue weighted by molar-refractivity contribution is 0.745. The van der Waals surface area contributed by atoms with Crippen molar-refractivity contribution >= 4 is 43.7 Å². The van der Waals surface area contributed by atoms with Gasteiger partial charge in [0.1, 0.15) is 0 Å². The van der Waals surface area contributed by atoms with Crippen LogP contribution < -0.4 is 4.90 Å². The molecule has 1 nitrogen and oxygen atoms in total. The van der Waals surface area contributed by atoms with Crippen molar-refractivity contribution in [2.45, 2.75) is 12.0 Å². The molecule has 0 bridgehead atoms. The Labute approximate surface area is 251 Å². The summed E-state index contributed by atoms with van der Waals surface area (Å²) < 4.78 is 0. The number of rotatable bonds is 3. The number of allylic oxidation sites excluding steroid dienone is 2. The van der Waals surface area contributed by atoms with Gasteiger partial charge >= 0.3 is 0 Å². The molecule has 1 aliphatic carbocycles. The summed E-state index contributed by atoms with van der Waals surface area (Å²) in [6.07, 6.45) is 9.17. The molecule has 2 atom stereocenters. The second-order valence-corrected chi connectivity index (χ2v) is 11.6. The molecule has 43 heavy (non-hydrogen) atoms. The van der Waals surface area contributed by atoms with Crippen LogP contribution in [0, 0.1) is 0 Å². The summed E-state index contributed by atoms with van der Waals surface area (Å²) >= 11 is 0. The molecule has 0 N–H and O–H groups in total. The second-order valence-electron chi connectivity index (χ2n) is 11.6. The van der Waals surface area contributed by atoms with Crippen molar-refractivity contribution in [3.05, 3.63) is 169 Å². The predicted octanol–water partition coefficient (Wildman–Crippen LogP) is 11.2. The maximum absolute atomic E-state index is 2.59. The van der Waals surface area contributed by atoms with E-state index < -0.39 is 0 Å². The Balaban J connectivity index is 1.48. The van der Waals surface area contributed by atoms with Crippen LogP contribution in [0.5, 0.6) is 0 Å². The molecule has 0 saturated heterocycles. The predicted molar refractivity (Wildman–Crippen MR) is 183 cm³/mol. The number of para-hydroxylation sites is 1. The summed E-state index contributed by atoms with van der Waals surface area (Å²) in [6.45, 7) is 0. The number of hydrogen-bond donors (Lipinski definition) is 0. The Morgan fingerprint density at radius 1 is 0.465 bits per heavy atom. The van der Waals surface area contributed by atoms with E-state index in [-0.39, 0.29) is 6.04 Å². The van der Waals surface area contributed by atoms with Gasteiger partial charge in [-0.1, -0.05) is 146 Å². The number of anilines is 2. The fraction of sp³-hybridized carbons (Fsp3) is 0.0476. The zero-order valence-electron chi connectivity index (χ0n) is 23.7. The first kappa shape index (κ1) is 24.2. The van der Waals surface area contributed by atoms with Crippen LogP contribution in [-0.2, 0) is 0 Å². The number of hydrogen-bond acceptors (Lipinski definition) is 1. The lowest BCUT2D eigenvalue weighted by Gasteiger charge is -2.30. The summed E-state index contributed by atoms with van der Waals surface area (Å²) in [6, 6.07) is 51.5. The standard InChI is InChI=1S/C42H29N/c1-3-14-29(15-4-1)40-35-21-10-9-20-34(35)39(31-24-23-28-13-7-8-16-30(28)27-31)37-26-25-36-33-19-11-12-22-38(33)43(42(36)41(37)40)32-17-5-2-6-18-32/h1-27,33,38H. The van der Waals surface area contributed by atoms with Crippen LogP contribution in [0.15, 0.2) is 164 Å². The molecule has 2 unspecified atom stereocenters. The van der Waals surface area contributed by atoms with Crippen molar-refractivity contribution in [2.75, 3.05) is 4.90 Å². The number of fused-ring (bicyclic) bond motifs is 7. The Morgan fingerprint density at radius 2 is 1.14 bits per heavy atom. The maximum Gasteiger partial charge on any atom is 0.0629 e. The van der Waals surface area contributed by atoms with E-state index in [1.165, 1.54) is 71.5 Å². The van der Waals surface area contributed by atoms with Crippen LogP contribution in [0.25, 0.3) is 54.6 Å². The first-order chi connectivity index (χ1) is 21.4. The van der Waals surface area contributed by atoms with Crippen LogP contribution >= 0.6 is 0 Å². The van der Waals surface area contributed by atoms with Crippen molar-refractivity contribution in [1.29, 1.82) is 0 Å². The maximum atomic E-state index is 2.59. The molecule has 1 heteroatoms. The summed E-state index contributed by atoms with van der Waals surface area (Å²) in [7, 11) is 0. The van der Waals surface area contributed by atoms with Gasteiger partial charge in [-0.25, -0.2) is 0 Å². The molecule has 0 aromatic heterocycles. The Kier molecular flexibility index (Phi) is 5.39. The molecule has 9 rings (SSSR count). The fourth-order valence-electron chi connectivity index (χ4n) is 7.53. The van der Waals surface area contributed by atoms with Crippen LogP contribution in [0.4, 0.5) is 11.4 Å². The smallest absolute Gasteiger partial charge is 0.0629 e. The van der Waals surface area contributed by atoms with Gasteiger partial charge in [0.25, 0.3) is 0 Å². The van der Waals surface area contributed by atoms with Crippen LogP contribution in [0.3, 0.4) is 0 Å². The van der Waals surface area contributed by atoms with Crippen molar-refractivity contribution in [3.8, 4) is 22.3 Å². The van der Waals surface area contributed by atoms with E-state index in [1.54, 1.807) is 0 Å². The van der Waals surface area contributed by atoms with Crippen LogP contribution in [0.1, 0.15) is 11.5 Å². The van der Waals surface area contributed by atoms with E-state index in [4.69, 9.17) is 0 Å². The van der Waals surface area contributed by atoms with E-state index >= 15 is 0 Å². The van der Waals surface area contributed by atoms with Crippen molar-refractivity contribution in [2.24, 2.45) is 0 Å². The molecule has 7 aromatic rings. The summed E-state index contributed by atoms with van der Waals surface area (Å²) in [5.74, 6) is 0.295. The molecule has 0 fully saturated rings. The van der Waals surface area contributed by atoms with Gasteiger partial charge in [0.15, 0.2) is 0 Å². The van der Waals surface area contributed by atoms with Crippen molar-refractivity contribution in [1.82, 2.24) is 0 Å². The normalized spacial score (nSPS) is 17.1. The molecule has 202 valence electrons. The zero-order chi connectivity index (χ0) is 28.3. The molecule has 2 aliphatic rings. The highest BCUT2D eigenvalue weighted by Gasteiger charge is 2.39. The first-order valence-electron chi connectivity index (χ1n) is 15.1. The molecule has 0 radical (unpaired) electrons. The zero-order valence-corrected chi connectivity index (χ0v) is 23.7. The van der Waals surface area contributed by atoms with E-state index in [1.807, 2.05) is 0 Å². The molecule has 1 aliphatic heterocycles. The Bertz CT molecular complexity index is 2240. The largest absolute Gasteiger partial charge is 0.333 e. The third-order valence-electron chi connectivity index (χ3n) is 9.33. The minimum absolute atomic E-state index is 0.229. The molecular formula is C42H29N. The fourth-order valence-corrected chi connectivity index (χ4v) is 7.53. The SMILES string of the molecule is C1=CC2c3ccc4c(-c5ccc6ccccc6c5)c5ccccc5c(-c5ccccc5)c4c3N(c3ccccc3)C2C=C1. The topological polar surface area (TPSA) is 3.24 Å². The van der Waals surface area contributed by atoms with Gasteiger partial charge in [-0.15, -0.1) is 0 Å². The van der Waals surface area contributed by atoms with Crippen molar-refractivity contribution in [3.63, 3.8) is 0 Å². The van der Waals surface area contributed by atoms with Crippen LogP contribution in [-0.4, -0.2) is 6.04 Å². The second kappa shape index (κ2) is 9.58. The summed E-state index contributed by atoms with van der Waals surface area (Å²) in [4.78, 5) is 2.59. The average molecular weight is 548 g/mol. The van der Waals surface area contributed by atoms with Gasteiger partial charge in [-0.05, 0) is 72.9 Å². The van der Waals surface area contributed by atoms with Crippen molar-refractivity contribution < 1.29 is 0 Å². The molecule has 0 amide bonds. The Hall–Kier alpha value is -5.40. The first-order valence-corrected chi connectivity index (χ1v) is 15.1. The van der Waals surface area contributed by atoms with Gasteiger partial charge < -0.3 is 4.90 Å². The summed E-state index contributed by atoms with van der Waals surface area (Å²) in [5.41, 5.74) is 9.04. The van der Waals surface area contributed by atoms with Gasteiger partial charge in [0.05, 0.1) is 11.7 Å². The molecular weight excluding hydrogens is 518 g/mol. The quantitative estimate of drug-likeness (QED) is 0.199. The highest BCUT2D eigenvalue weighted by Crippen LogP contribution is 2.55. The highest BCUT2D eigenvalue weighted by atomic mass is 15.2. The lowest BCUT2D eigenvalue weighted by atomic mass is 9.83. The number of nitrogens with zero attached hydrogens (tertiary/aromatic N) is 1. The summed E-state index contributed by atoms with van der Waals surface area (Å²) in [5, 5.41) is 7.71. The highest BCUT2D eigenvalue weighted by molar-refractivity contribution is 6.25. The van der Waals surface area contributed by atoms with E-state index in [0.717, 1.165) is 0 Å². The lowest BCUT2D eigenvalue weighted by Crippen LogP contribution is -2.28. The molecule has 7 aromatic carbocycles. The minimum atomic E-state index is 0.229. The van der Waals surface area contributed by atoms with Crippen LogP contribution in [0.2, 0.25) is 0 Å². The van der Waals surface area contributed by atoms with Gasteiger partial charge in [-0.2, -0.15) is 0 Å². The van der Waals surface area contributed by atoms with Gasteiger partial charge in [-0.3, -0.25) is 0 Å². The minimum Gasteiger partial charge on any atom is -0.333 e. The molecule has 0 saturated carbocycles. The third-order valence-corrected chi connectivity index (χ3v) is 9.33. The monoisotopic (exact) mass is 547 g/mol. The molecule has 0 spiro atoms. The van der Waals surface area contributed by atoms with E-state index in [0.29, 0.717) is 5.92 Å².